The summed E-state index contributed by atoms with van der Waals surface area (Å²) in [6, 6.07) is 13.1. The molecular weight excluding hydrogens is 465 g/mol. The molecule has 1 aromatic carbocycles. The van der Waals surface area contributed by atoms with Crippen molar-refractivity contribution >= 4 is 28.6 Å². The van der Waals surface area contributed by atoms with Crippen molar-refractivity contribution in [1.29, 1.82) is 0 Å². The summed E-state index contributed by atoms with van der Waals surface area (Å²) in [6.07, 6.45) is 4.84. The number of carbonyl (C=O) groups is 1. The van der Waals surface area contributed by atoms with Crippen LogP contribution >= 0.6 is 11.8 Å². The Morgan fingerprint density at radius 2 is 2.14 bits per heavy atom. The van der Waals surface area contributed by atoms with Crippen LogP contribution in [0.2, 0.25) is 0 Å². The molecule has 3 atom stereocenters. The first-order valence-corrected chi connectivity index (χ1v) is 13.1. The Morgan fingerprint density at radius 3 is 2.91 bits per heavy atom. The van der Waals surface area contributed by atoms with E-state index in [2.05, 4.69) is 14.9 Å². The predicted molar refractivity (Wildman–Crippen MR) is 137 cm³/mol. The summed E-state index contributed by atoms with van der Waals surface area (Å²) in [5.74, 6) is 0.344. The Balaban J connectivity index is 1.30. The lowest BCUT2D eigenvalue weighted by molar-refractivity contribution is -0.146. The van der Waals surface area contributed by atoms with E-state index in [9.17, 15) is 9.90 Å². The number of halogens is 1. The average Bonchev–Trinajstić information content (AvgIpc) is 2.89. The molecule has 1 aliphatic rings. The number of piperidine rings is 1. The number of pyridine rings is 2. The SMILES string of the molecule is COc1ccc2nccc([C@@H](F)CC[C@@H]3CCN(CCCSc4ccccn4)C[C@@H]3C(=O)O)c2c1. The van der Waals surface area contributed by atoms with E-state index in [1.807, 2.05) is 36.4 Å². The molecule has 3 aromatic rings. The van der Waals surface area contributed by atoms with Crippen LogP contribution in [0.4, 0.5) is 4.39 Å². The van der Waals surface area contributed by atoms with E-state index in [0.717, 1.165) is 47.6 Å². The number of thioether (sulfide) groups is 1. The van der Waals surface area contributed by atoms with E-state index in [4.69, 9.17) is 4.74 Å². The predicted octanol–water partition coefficient (Wildman–Crippen LogP) is 5.63. The van der Waals surface area contributed by atoms with E-state index in [1.165, 1.54) is 0 Å². The van der Waals surface area contributed by atoms with E-state index in [0.29, 0.717) is 30.7 Å². The fourth-order valence-electron chi connectivity index (χ4n) is 4.86. The van der Waals surface area contributed by atoms with Gasteiger partial charge in [-0.15, -0.1) is 11.8 Å². The molecule has 0 unspecified atom stereocenters. The van der Waals surface area contributed by atoms with Crippen LogP contribution in [0.3, 0.4) is 0 Å². The summed E-state index contributed by atoms with van der Waals surface area (Å²) >= 11 is 1.72. The molecule has 0 aliphatic carbocycles. The number of likely N-dealkylation sites (tertiary alicyclic amines) is 1. The number of aromatic nitrogens is 2. The summed E-state index contributed by atoms with van der Waals surface area (Å²) in [7, 11) is 1.59. The van der Waals surface area contributed by atoms with Gasteiger partial charge in [0.25, 0.3) is 0 Å². The van der Waals surface area contributed by atoms with Crippen molar-refractivity contribution in [3.63, 3.8) is 0 Å². The first kappa shape index (κ1) is 25.4. The Labute approximate surface area is 209 Å². The highest BCUT2D eigenvalue weighted by Gasteiger charge is 2.34. The molecule has 1 N–H and O–H groups in total. The van der Waals surface area contributed by atoms with Gasteiger partial charge in [-0.2, -0.15) is 0 Å². The molecule has 0 radical (unpaired) electrons. The maximum absolute atomic E-state index is 15.4. The molecule has 4 rings (SSSR count). The van der Waals surface area contributed by atoms with Crippen molar-refractivity contribution in [3.8, 4) is 5.75 Å². The first-order valence-electron chi connectivity index (χ1n) is 12.1. The smallest absolute Gasteiger partial charge is 0.308 e. The summed E-state index contributed by atoms with van der Waals surface area (Å²) in [5, 5.41) is 11.6. The fraction of sp³-hybridized carbons (Fsp3) is 0.444. The number of nitrogens with zero attached hydrogens (tertiary/aromatic N) is 3. The molecule has 35 heavy (non-hydrogen) atoms. The summed E-state index contributed by atoms with van der Waals surface area (Å²) in [6.45, 7) is 2.25. The van der Waals surface area contributed by atoms with Crippen LogP contribution in [-0.4, -0.2) is 58.4 Å². The molecule has 8 heteroatoms. The quantitative estimate of drug-likeness (QED) is 0.272. The van der Waals surface area contributed by atoms with E-state index >= 15 is 4.39 Å². The van der Waals surface area contributed by atoms with Crippen LogP contribution < -0.4 is 4.74 Å². The number of benzene rings is 1. The van der Waals surface area contributed by atoms with Gasteiger partial charge < -0.3 is 14.7 Å². The van der Waals surface area contributed by atoms with Crippen LogP contribution in [0.5, 0.6) is 5.75 Å². The molecule has 1 aliphatic heterocycles. The minimum absolute atomic E-state index is 0.0208. The largest absolute Gasteiger partial charge is 0.497 e. The van der Waals surface area contributed by atoms with Crippen molar-refractivity contribution < 1.29 is 19.0 Å². The van der Waals surface area contributed by atoms with Crippen molar-refractivity contribution in [1.82, 2.24) is 14.9 Å². The van der Waals surface area contributed by atoms with Gasteiger partial charge in [0, 0.05) is 30.1 Å². The molecule has 186 valence electrons. The third kappa shape index (κ3) is 6.70. The maximum atomic E-state index is 15.4. The van der Waals surface area contributed by atoms with Crippen LogP contribution in [-0.2, 0) is 4.79 Å². The minimum Gasteiger partial charge on any atom is -0.497 e. The van der Waals surface area contributed by atoms with Gasteiger partial charge in [-0.1, -0.05) is 6.07 Å². The fourth-order valence-corrected chi connectivity index (χ4v) is 5.65. The number of fused-ring (bicyclic) bond motifs is 1. The molecular formula is C27H32FN3O3S. The van der Waals surface area contributed by atoms with Crippen LogP contribution in [0.1, 0.15) is 37.4 Å². The van der Waals surface area contributed by atoms with Crippen molar-refractivity contribution in [3.05, 3.63) is 60.4 Å². The standard InChI is InChI=1S/C27H32FN3O3S/c1-34-20-7-9-25-22(17-20)21(10-13-29-25)24(28)8-6-19-11-15-31(18-23(19)27(32)33)14-4-16-35-26-5-2-3-12-30-26/h2-3,5,7,9-10,12-13,17,19,23-24H,4,6,8,11,14-16,18H2,1H3,(H,32,33)/t19-,23+,24+/m1/s1. The van der Waals surface area contributed by atoms with Crippen LogP contribution in [0.25, 0.3) is 10.9 Å². The number of aliphatic carboxylic acids is 1. The lowest BCUT2D eigenvalue weighted by Gasteiger charge is -2.36. The summed E-state index contributed by atoms with van der Waals surface area (Å²) < 4.78 is 20.7. The number of carboxylic acid groups (broad SMARTS) is 1. The maximum Gasteiger partial charge on any atom is 0.308 e. The van der Waals surface area contributed by atoms with Gasteiger partial charge in [0.05, 0.1) is 23.6 Å². The highest BCUT2D eigenvalue weighted by atomic mass is 32.2. The topological polar surface area (TPSA) is 75.5 Å². The van der Waals surface area contributed by atoms with Crippen molar-refractivity contribution in [2.24, 2.45) is 11.8 Å². The highest BCUT2D eigenvalue weighted by molar-refractivity contribution is 7.99. The Hall–Kier alpha value is -2.71. The van der Waals surface area contributed by atoms with E-state index in [-0.39, 0.29) is 5.92 Å². The molecule has 0 spiro atoms. The third-order valence-electron chi connectivity index (χ3n) is 6.77. The van der Waals surface area contributed by atoms with Crippen molar-refractivity contribution in [2.45, 2.75) is 36.9 Å². The average molecular weight is 498 g/mol. The summed E-state index contributed by atoms with van der Waals surface area (Å²) in [4.78, 5) is 22.9. The number of hydrogen-bond acceptors (Lipinski definition) is 6. The monoisotopic (exact) mass is 497 g/mol. The Kier molecular flexibility index (Phi) is 8.93. The lowest BCUT2D eigenvalue weighted by atomic mass is 9.81. The second kappa shape index (κ2) is 12.3. The van der Waals surface area contributed by atoms with Crippen LogP contribution in [0, 0.1) is 11.8 Å². The lowest BCUT2D eigenvalue weighted by Crippen LogP contribution is -2.44. The van der Waals surface area contributed by atoms with Gasteiger partial charge in [-0.3, -0.25) is 9.78 Å². The van der Waals surface area contributed by atoms with Gasteiger partial charge in [0.15, 0.2) is 0 Å². The number of methoxy groups -OCH3 is 1. The van der Waals surface area contributed by atoms with Gasteiger partial charge in [-0.25, -0.2) is 9.37 Å². The third-order valence-corrected chi connectivity index (χ3v) is 7.80. The number of alkyl halides is 1. The first-order chi connectivity index (χ1) is 17.0. The number of hydrogen-bond donors (Lipinski definition) is 1. The van der Waals surface area contributed by atoms with Gasteiger partial charge in [0.1, 0.15) is 11.9 Å². The molecule has 0 bridgehead atoms. The molecule has 0 saturated carbocycles. The second-order valence-corrected chi connectivity index (χ2v) is 10.1. The molecule has 2 aromatic heterocycles. The minimum atomic E-state index is -1.18. The van der Waals surface area contributed by atoms with E-state index < -0.39 is 18.1 Å². The summed E-state index contributed by atoms with van der Waals surface area (Å²) in [5.41, 5.74) is 1.31. The molecule has 0 amide bonds. The number of carboxylic acids is 1. The second-order valence-electron chi connectivity index (χ2n) is 8.99. The molecule has 3 heterocycles. The Morgan fingerprint density at radius 1 is 1.26 bits per heavy atom. The van der Waals surface area contributed by atoms with Gasteiger partial charge in [-0.05, 0) is 86.7 Å². The zero-order chi connectivity index (χ0) is 24.6. The zero-order valence-electron chi connectivity index (χ0n) is 20.0. The van der Waals surface area contributed by atoms with Gasteiger partial charge in [0.2, 0.25) is 0 Å². The van der Waals surface area contributed by atoms with E-state index in [1.54, 1.807) is 37.3 Å². The number of ether oxygens (including phenoxy) is 1. The molecule has 1 saturated heterocycles. The molecule has 1 fully saturated rings. The normalized spacial score (nSPS) is 19.5. The van der Waals surface area contributed by atoms with Crippen molar-refractivity contribution in [2.75, 3.05) is 32.5 Å². The Bertz CT molecular complexity index is 1120. The molecule has 6 nitrogen and oxygen atoms in total. The van der Waals surface area contributed by atoms with Crippen LogP contribution in [0.15, 0.2) is 59.9 Å². The highest BCUT2D eigenvalue weighted by Crippen LogP contribution is 2.35. The number of rotatable bonds is 11. The van der Waals surface area contributed by atoms with Gasteiger partial charge >= 0.3 is 5.97 Å². The zero-order valence-corrected chi connectivity index (χ0v) is 20.8.